The van der Waals surface area contributed by atoms with Crippen LogP contribution in [0.15, 0.2) is 58.3 Å². The van der Waals surface area contributed by atoms with Gasteiger partial charge in [0.2, 0.25) is 0 Å². The summed E-state index contributed by atoms with van der Waals surface area (Å²) < 4.78 is 0. The van der Waals surface area contributed by atoms with Crippen LogP contribution < -0.4 is 4.90 Å². The lowest BCUT2D eigenvalue weighted by molar-refractivity contribution is 1.29. The van der Waals surface area contributed by atoms with Crippen LogP contribution in [0.1, 0.15) is 5.56 Å². The lowest BCUT2D eigenvalue weighted by atomic mass is 10.1. The van der Waals surface area contributed by atoms with Crippen LogP contribution in [0.5, 0.6) is 0 Å². The van der Waals surface area contributed by atoms with Crippen molar-refractivity contribution in [2.24, 2.45) is 4.90 Å². The van der Waals surface area contributed by atoms with Gasteiger partial charge in [-0.1, -0.05) is 24.8 Å². The number of rotatable bonds is 1. The van der Waals surface area contributed by atoms with Crippen molar-refractivity contribution in [2.45, 2.75) is 0 Å². The minimum absolute atomic E-state index is 0.756. The molecule has 1 aliphatic heterocycles. The first kappa shape index (κ1) is 10.4. The summed E-state index contributed by atoms with van der Waals surface area (Å²) in [5, 5.41) is 4.13. The smallest absolute Gasteiger partial charge is 0.260 e. The number of para-hydroxylation sites is 1. The largest absolute Gasteiger partial charge is 0.355 e. The first-order valence-electron chi connectivity index (χ1n) is 5.22. The third-order valence-corrected chi connectivity index (χ3v) is 3.51. The lowest BCUT2D eigenvalue weighted by Crippen LogP contribution is -2.12. The second-order valence-electron chi connectivity index (χ2n) is 3.76. The normalized spacial score (nSPS) is 16.6. The van der Waals surface area contributed by atoms with Gasteiger partial charge in [0.25, 0.3) is 7.98 Å². The number of thiophene rings is 1. The summed E-state index contributed by atoms with van der Waals surface area (Å²) in [5.74, 6) is 0. The van der Waals surface area contributed by atoms with E-state index in [2.05, 4.69) is 33.9 Å². The van der Waals surface area contributed by atoms with Crippen LogP contribution in [-0.2, 0) is 0 Å². The van der Waals surface area contributed by atoms with E-state index in [1.165, 1.54) is 0 Å². The maximum atomic E-state index is 5.46. The molecule has 2 radical (unpaired) electrons. The van der Waals surface area contributed by atoms with Gasteiger partial charge in [-0.25, -0.2) is 0 Å². The molecule has 0 fully saturated rings. The molecule has 0 unspecified atom stereocenters. The Morgan fingerprint density at radius 3 is 2.76 bits per heavy atom. The molecule has 1 aliphatic rings. The van der Waals surface area contributed by atoms with E-state index in [1.807, 2.05) is 23.6 Å². The third-order valence-electron chi connectivity index (χ3n) is 2.84. The molecule has 0 spiro atoms. The third kappa shape index (κ3) is 1.45. The fourth-order valence-electron chi connectivity index (χ4n) is 2.10. The minimum Gasteiger partial charge on any atom is -0.355 e. The van der Waals surface area contributed by atoms with E-state index in [-0.39, 0.29) is 0 Å². The molecule has 3 rings (SSSR count). The van der Waals surface area contributed by atoms with Gasteiger partial charge in [-0.05, 0) is 17.5 Å². The van der Waals surface area contributed by atoms with Crippen molar-refractivity contribution in [3.63, 3.8) is 0 Å². The van der Waals surface area contributed by atoms with E-state index in [0.717, 1.165) is 28.3 Å². The molecule has 1 aromatic heterocycles. The second-order valence-corrected chi connectivity index (χ2v) is 4.54. The van der Waals surface area contributed by atoms with Crippen molar-refractivity contribution in [3.05, 3.63) is 58.9 Å². The Kier molecular flexibility index (Phi) is 2.37. The number of benzene rings is 1. The van der Waals surface area contributed by atoms with Gasteiger partial charge in [0.15, 0.2) is 0 Å². The van der Waals surface area contributed by atoms with Crippen LogP contribution in [0, 0.1) is 0 Å². The van der Waals surface area contributed by atoms with Gasteiger partial charge in [-0.15, -0.1) is 0 Å². The number of hydrogen-bond acceptors (Lipinski definition) is 3. The maximum Gasteiger partial charge on any atom is 0.260 e. The topological polar surface area (TPSA) is 15.6 Å². The molecule has 0 saturated carbocycles. The van der Waals surface area contributed by atoms with Crippen molar-refractivity contribution in [3.8, 4) is 0 Å². The Hall–Kier alpha value is -1.81. The van der Waals surface area contributed by atoms with Crippen LogP contribution in [0.4, 0.5) is 11.4 Å². The summed E-state index contributed by atoms with van der Waals surface area (Å²) in [6.07, 6.45) is 0. The van der Waals surface area contributed by atoms with Crippen molar-refractivity contribution >= 4 is 36.4 Å². The summed E-state index contributed by atoms with van der Waals surface area (Å²) in [4.78, 5) is 5.93. The summed E-state index contributed by atoms with van der Waals surface area (Å²) in [5.41, 5.74) is 4.80. The molecule has 0 bridgehead atoms. The SMILES string of the molecule is [B]/N=C1\C(=C)N(c2ccsc2)c2ccccc21. The highest BCUT2D eigenvalue weighted by atomic mass is 32.1. The zero-order valence-corrected chi connectivity index (χ0v) is 9.95. The average Bonchev–Trinajstić information content (AvgIpc) is 2.93. The molecule has 0 saturated heterocycles. The lowest BCUT2D eigenvalue weighted by Gasteiger charge is -2.18. The van der Waals surface area contributed by atoms with Crippen LogP contribution in [0.25, 0.3) is 0 Å². The first-order valence-corrected chi connectivity index (χ1v) is 6.16. The number of hydrogen-bond donors (Lipinski definition) is 0. The van der Waals surface area contributed by atoms with Crippen molar-refractivity contribution in [1.82, 2.24) is 0 Å². The summed E-state index contributed by atoms with van der Waals surface area (Å²) in [6.45, 7) is 4.08. The molecule has 2 heterocycles. The van der Waals surface area contributed by atoms with E-state index in [0.29, 0.717) is 0 Å². The van der Waals surface area contributed by atoms with Crippen molar-refractivity contribution in [2.75, 3.05) is 4.90 Å². The van der Waals surface area contributed by atoms with Gasteiger partial charge in [-0.3, -0.25) is 0 Å². The first-order chi connectivity index (χ1) is 8.33. The Morgan fingerprint density at radius 2 is 2.06 bits per heavy atom. The highest BCUT2D eigenvalue weighted by Gasteiger charge is 2.28. The molecule has 0 amide bonds. The predicted molar refractivity (Wildman–Crippen MR) is 74.3 cm³/mol. The zero-order chi connectivity index (χ0) is 11.8. The molecular formula is C13H9BN2S. The number of fused-ring (bicyclic) bond motifs is 1. The predicted octanol–water partition coefficient (Wildman–Crippen LogP) is 3.29. The van der Waals surface area contributed by atoms with E-state index in [9.17, 15) is 0 Å². The molecule has 0 N–H and O–H groups in total. The highest BCUT2D eigenvalue weighted by molar-refractivity contribution is 7.08. The number of allylic oxidation sites excluding steroid dienone is 1. The van der Waals surface area contributed by atoms with Crippen LogP contribution in [-0.4, -0.2) is 13.7 Å². The molecule has 17 heavy (non-hydrogen) atoms. The van der Waals surface area contributed by atoms with Crippen molar-refractivity contribution in [1.29, 1.82) is 0 Å². The molecule has 1 aromatic carbocycles. The van der Waals surface area contributed by atoms with Crippen LogP contribution in [0.3, 0.4) is 0 Å². The van der Waals surface area contributed by atoms with Crippen LogP contribution in [0.2, 0.25) is 0 Å². The number of nitrogens with zero attached hydrogens (tertiary/aromatic N) is 2. The molecule has 0 aliphatic carbocycles. The minimum atomic E-state index is 0.756. The molecule has 80 valence electrons. The summed E-state index contributed by atoms with van der Waals surface area (Å²) in [6, 6.07) is 10.1. The maximum absolute atomic E-state index is 5.46. The molecule has 2 nitrogen and oxygen atoms in total. The van der Waals surface area contributed by atoms with Crippen molar-refractivity contribution < 1.29 is 0 Å². The standard InChI is InChI=1S/C13H9BN2S/c1-9-13(15-14)11-4-2-3-5-12(11)16(9)10-6-7-17-8-10/h2-8H,1H2/b15-13+. The van der Waals surface area contributed by atoms with Gasteiger partial charge in [0.05, 0.1) is 22.8 Å². The fraction of sp³-hybridized carbons (Fsp3) is 0. The fourth-order valence-corrected chi connectivity index (χ4v) is 2.72. The van der Waals surface area contributed by atoms with Crippen LogP contribution >= 0.6 is 11.3 Å². The quantitative estimate of drug-likeness (QED) is 0.693. The van der Waals surface area contributed by atoms with Gasteiger partial charge in [0.1, 0.15) is 0 Å². The zero-order valence-electron chi connectivity index (χ0n) is 9.13. The van der Waals surface area contributed by atoms with Gasteiger partial charge in [-0.2, -0.15) is 11.3 Å². The number of anilines is 2. The Morgan fingerprint density at radius 1 is 1.24 bits per heavy atom. The Bertz CT molecular complexity index is 602. The van der Waals surface area contributed by atoms with Gasteiger partial charge >= 0.3 is 0 Å². The van der Waals surface area contributed by atoms with E-state index in [1.54, 1.807) is 11.3 Å². The van der Waals surface area contributed by atoms with E-state index >= 15 is 0 Å². The van der Waals surface area contributed by atoms with Gasteiger partial charge < -0.3 is 9.80 Å². The second kappa shape index (κ2) is 3.89. The summed E-state index contributed by atoms with van der Waals surface area (Å²) >= 11 is 1.66. The summed E-state index contributed by atoms with van der Waals surface area (Å²) in [7, 11) is 5.46. The monoisotopic (exact) mass is 236 g/mol. The van der Waals surface area contributed by atoms with Gasteiger partial charge in [0, 0.05) is 10.9 Å². The Labute approximate surface area is 105 Å². The Balaban J connectivity index is 2.23. The van der Waals surface area contributed by atoms with E-state index in [4.69, 9.17) is 7.98 Å². The van der Waals surface area contributed by atoms with E-state index < -0.39 is 0 Å². The molecule has 2 aromatic rings. The molecular weight excluding hydrogens is 227 g/mol. The molecule has 0 atom stereocenters. The average molecular weight is 236 g/mol. The highest BCUT2D eigenvalue weighted by Crippen LogP contribution is 2.40. The molecule has 4 heteroatoms.